The molecule has 31 heavy (non-hydrogen) atoms. The number of benzene rings is 2. The van der Waals surface area contributed by atoms with E-state index < -0.39 is 17.0 Å². The zero-order chi connectivity index (χ0) is 22.5. The number of para-hydroxylation sites is 1. The predicted molar refractivity (Wildman–Crippen MR) is 111 cm³/mol. The normalized spacial score (nSPS) is 10.1. The second kappa shape index (κ2) is 12.6. The third-order valence-electron chi connectivity index (χ3n) is 4.11. The van der Waals surface area contributed by atoms with E-state index in [1.54, 1.807) is 0 Å². The fraction of sp³-hybridized carbons (Fsp3) is 0.286. The van der Waals surface area contributed by atoms with Gasteiger partial charge in [0.2, 0.25) is 5.91 Å². The quantitative estimate of drug-likeness (QED) is 0.190. The third-order valence-corrected chi connectivity index (χ3v) is 4.11. The number of rotatable bonds is 10. The average molecular weight is 429 g/mol. The molecule has 0 aromatic heterocycles. The van der Waals surface area contributed by atoms with E-state index in [2.05, 4.69) is 10.2 Å². The van der Waals surface area contributed by atoms with E-state index in [1.807, 2.05) is 35.8 Å². The van der Waals surface area contributed by atoms with Gasteiger partial charge in [0.15, 0.2) is 0 Å². The van der Waals surface area contributed by atoms with Crippen LogP contribution in [0.15, 0.2) is 54.6 Å². The molecule has 2 amide bonds. The predicted octanol–water partition coefficient (Wildman–Crippen LogP) is 4.12. The van der Waals surface area contributed by atoms with E-state index >= 15 is 0 Å². The number of ether oxygens (including phenoxy) is 1. The van der Waals surface area contributed by atoms with Gasteiger partial charge in [-0.2, -0.15) is 5.48 Å². The van der Waals surface area contributed by atoms with E-state index in [9.17, 15) is 24.5 Å². The highest BCUT2D eigenvalue weighted by Gasteiger charge is 2.11. The minimum Gasteiger partial charge on any atom is -0.393 e. The number of hydrogen-bond donors (Lipinski definition) is 2. The lowest BCUT2D eigenvalue weighted by Crippen LogP contribution is -2.28. The SMILES string of the molecule is O=C(CCCCCCC(=O)Nc1ccccc1)NOC(=O)Oc1ccc([N+](=O)[O-])cc1. The summed E-state index contributed by atoms with van der Waals surface area (Å²) in [4.78, 5) is 49.5. The van der Waals surface area contributed by atoms with Crippen LogP contribution in [-0.2, 0) is 14.4 Å². The number of nitro groups is 1. The molecule has 2 rings (SSSR count). The summed E-state index contributed by atoms with van der Waals surface area (Å²) < 4.78 is 4.79. The van der Waals surface area contributed by atoms with Crippen LogP contribution in [0.2, 0.25) is 0 Å². The number of unbranched alkanes of at least 4 members (excludes halogenated alkanes) is 3. The van der Waals surface area contributed by atoms with Crippen molar-refractivity contribution in [3.63, 3.8) is 0 Å². The molecule has 10 nitrogen and oxygen atoms in total. The van der Waals surface area contributed by atoms with E-state index in [0.717, 1.165) is 18.5 Å². The van der Waals surface area contributed by atoms with Gasteiger partial charge in [-0.1, -0.05) is 31.0 Å². The van der Waals surface area contributed by atoms with Crippen molar-refractivity contribution in [2.24, 2.45) is 0 Å². The van der Waals surface area contributed by atoms with Gasteiger partial charge in [-0.25, -0.2) is 4.79 Å². The van der Waals surface area contributed by atoms with Crippen LogP contribution >= 0.6 is 0 Å². The Bertz CT molecular complexity index is 886. The molecule has 0 saturated carbocycles. The number of hydroxylamine groups is 1. The van der Waals surface area contributed by atoms with Gasteiger partial charge in [-0.05, 0) is 37.1 Å². The zero-order valence-corrected chi connectivity index (χ0v) is 16.7. The number of nitrogens with zero attached hydrogens (tertiary/aromatic N) is 1. The van der Waals surface area contributed by atoms with Crippen LogP contribution in [-0.4, -0.2) is 22.9 Å². The Balaban J connectivity index is 1.51. The van der Waals surface area contributed by atoms with Gasteiger partial charge < -0.3 is 14.9 Å². The Morgan fingerprint density at radius 2 is 1.45 bits per heavy atom. The van der Waals surface area contributed by atoms with Crippen molar-refractivity contribution in [1.29, 1.82) is 0 Å². The standard InChI is InChI=1S/C21H23N3O7/c25-19(22-16-8-4-3-5-9-16)10-6-1-2-7-11-20(26)23-31-21(27)30-18-14-12-17(13-15-18)24(28)29/h3-5,8-9,12-15H,1-2,6-7,10-11H2,(H,22,25)(H,23,26). The largest absolute Gasteiger partial charge is 0.538 e. The molecule has 164 valence electrons. The fourth-order valence-electron chi connectivity index (χ4n) is 2.57. The lowest BCUT2D eigenvalue weighted by molar-refractivity contribution is -0.384. The van der Waals surface area contributed by atoms with Crippen molar-refractivity contribution >= 4 is 29.3 Å². The highest BCUT2D eigenvalue weighted by molar-refractivity contribution is 5.90. The van der Waals surface area contributed by atoms with Crippen molar-refractivity contribution in [2.75, 3.05) is 5.32 Å². The second-order valence-electron chi connectivity index (χ2n) is 6.56. The van der Waals surface area contributed by atoms with Crippen molar-refractivity contribution in [3.8, 4) is 5.75 Å². The summed E-state index contributed by atoms with van der Waals surface area (Å²) in [6.45, 7) is 0. The number of nitro benzene ring substituents is 1. The van der Waals surface area contributed by atoms with Crippen molar-refractivity contribution < 1.29 is 28.9 Å². The van der Waals surface area contributed by atoms with Crippen LogP contribution < -0.4 is 15.5 Å². The first-order valence-electron chi connectivity index (χ1n) is 9.71. The lowest BCUT2D eigenvalue weighted by atomic mass is 10.1. The molecule has 0 fully saturated rings. The third kappa shape index (κ3) is 9.39. The number of non-ortho nitro benzene ring substituents is 1. The first-order valence-corrected chi connectivity index (χ1v) is 9.71. The van der Waals surface area contributed by atoms with Crippen molar-refractivity contribution in [1.82, 2.24) is 5.48 Å². The summed E-state index contributed by atoms with van der Waals surface area (Å²) in [5, 5.41) is 13.4. The summed E-state index contributed by atoms with van der Waals surface area (Å²) in [6.07, 6.45) is 2.22. The van der Waals surface area contributed by atoms with Crippen LogP contribution in [0.25, 0.3) is 0 Å². The monoisotopic (exact) mass is 429 g/mol. The molecule has 0 bridgehead atoms. The molecule has 2 aromatic rings. The first-order chi connectivity index (χ1) is 14.9. The summed E-state index contributed by atoms with van der Waals surface area (Å²) in [5.74, 6) is -0.493. The molecule has 0 spiro atoms. The lowest BCUT2D eigenvalue weighted by Gasteiger charge is -2.07. The maximum atomic E-state index is 11.8. The maximum Gasteiger partial charge on any atom is 0.538 e. The Kier molecular flexibility index (Phi) is 9.47. The molecule has 0 unspecified atom stereocenters. The summed E-state index contributed by atoms with van der Waals surface area (Å²) in [6, 6.07) is 14.0. The molecule has 0 aliphatic heterocycles. The van der Waals surface area contributed by atoms with Gasteiger partial charge in [-0.3, -0.25) is 19.7 Å². The summed E-state index contributed by atoms with van der Waals surface area (Å²) in [5.41, 5.74) is 2.60. The average Bonchev–Trinajstić information content (AvgIpc) is 2.75. The van der Waals surface area contributed by atoms with Crippen LogP contribution in [0.1, 0.15) is 38.5 Å². The molecule has 0 saturated heterocycles. The maximum absolute atomic E-state index is 11.8. The zero-order valence-electron chi connectivity index (χ0n) is 16.7. The van der Waals surface area contributed by atoms with Crippen LogP contribution in [0.3, 0.4) is 0 Å². The first kappa shape index (κ1) is 23.3. The molecule has 0 heterocycles. The van der Waals surface area contributed by atoms with Gasteiger partial charge >= 0.3 is 6.16 Å². The van der Waals surface area contributed by atoms with Crippen LogP contribution in [0.4, 0.5) is 16.2 Å². The molecule has 2 N–H and O–H groups in total. The Morgan fingerprint density at radius 1 is 0.839 bits per heavy atom. The second-order valence-corrected chi connectivity index (χ2v) is 6.56. The number of carbonyl (C=O) groups is 3. The van der Waals surface area contributed by atoms with Crippen molar-refractivity contribution in [3.05, 3.63) is 64.7 Å². The number of hydrogen-bond acceptors (Lipinski definition) is 7. The summed E-state index contributed by atoms with van der Waals surface area (Å²) in [7, 11) is 0. The minimum atomic E-state index is -1.16. The molecule has 2 aromatic carbocycles. The highest BCUT2D eigenvalue weighted by atomic mass is 16.8. The Labute approximate surface area is 178 Å². The highest BCUT2D eigenvalue weighted by Crippen LogP contribution is 2.17. The van der Waals surface area contributed by atoms with Crippen LogP contribution in [0, 0.1) is 10.1 Å². The number of anilines is 1. The van der Waals surface area contributed by atoms with E-state index in [0.29, 0.717) is 19.3 Å². The van der Waals surface area contributed by atoms with E-state index in [-0.39, 0.29) is 23.8 Å². The molecule has 0 radical (unpaired) electrons. The van der Waals surface area contributed by atoms with Gasteiger partial charge in [0, 0.05) is 30.7 Å². The van der Waals surface area contributed by atoms with Gasteiger partial charge in [-0.15, -0.1) is 0 Å². The summed E-state index contributed by atoms with van der Waals surface area (Å²) >= 11 is 0. The molecular weight excluding hydrogens is 406 g/mol. The smallest absolute Gasteiger partial charge is 0.393 e. The van der Waals surface area contributed by atoms with Crippen LogP contribution in [0.5, 0.6) is 5.75 Å². The van der Waals surface area contributed by atoms with Gasteiger partial charge in [0.25, 0.3) is 11.6 Å². The molecular formula is C21H23N3O7. The van der Waals surface area contributed by atoms with E-state index in [1.165, 1.54) is 24.3 Å². The minimum absolute atomic E-state index is 0.0427. The topological polar surface area (TPSA) is 137 Å². The molecule has 0 aliphatic carbocycles. The number of nitrogens with one attached hydrogen (secondary N) is 2. The van der Waals surface area contributed by atoms with Crippen molar-refractivity contribution in [2.45, 2.75) is 38.5 Å². The van der Waals surface area contributed by atoms with Gasteiger partial charge in [0.05, 0.1) is 4.92 Å². The fourth-order valence-corrected chi connectivity index (χ4v) is 2.57. The molecule has 10 heteroatoms. The molecule has 0 aliphatic rings. The number of amides is 2. The van der Waals surface area contributed by atoms with Gasteiger partial charge in [0.1, 0.15) is 5.75 Å². The molecule has 0 atom stereocenters. The van der Waals surface area contributed by atoms with E-state index in [4.69, 9.17) is 4.74 Å². The Hall–Kier alpha value is -3.95. The Morgan fingerprint density at radius 3 is 2.06 bits per heavy atom. The number of carbonyl (C=O) groups excluding carboxylic acids is 3.